The molecule has 0 saturated carbocycles. The van der Waals surface area contributed by atoms with Crippen molar-refractivity contribution < 1.29 is 18.7 Å². The summed E-state index contributed by atoms with van der Waals surface area (Å²) in [4.78, 5) is 27.5. The third kappa shape index (κ3) is 3.23. The maximum absolute atomic E-state index is 12.0. The Balaban J connectivity index is 2.47. The largest absolute Gasteiger partial charge is 0.480 e. The molecule has 0 spiro atoms. The fourth-order valence-corrected chi connectivity index (χ4v) is 2.13. The van der Waals surface area contributed by atoms with Gasteiger partial charge in [0.2, 0.25) is 5.88 Å². The molecule has 22 heavy (non-hydrogen) atoms. The maximum atomic E-state index is 12.0. The van der Waals surface area contributed by atoms with Crippen molar-refractivity contribution in [2.45, 2.75) is 6.92 Å². The van der Waals surface area contributed by atoms with Gasteiger partial charge < -0.3 is 13.9 Å². The zero-order chi connectivity index (χ0) is 16.3. The summed E-state index contributed by atoms with van der Waals surface area (Å²) in [6.07, 6.45) is 1.02. The molecule has 2 heterocycles. The standard InChI is InChI=1S/C14H11Cl2NO5/c1-3-21-14(19)8-6-22-11(5-10(8)18)7-4-9(15)13(20-2)17-12(7)16/h4-6H,3H2,1-2H3. The molecule has 0 aliphatic heterocycles. The van der Waals surface area contributed by atoms with Crippen LogP contribution in [0, 0.1) is 0 Å². The van der Waals surface area contributed by atoms with Crippen molar-refractivity contribution in [1.29, 1.82) is 0 Å². The lowest BCUT2D eigenvalue weighted by Gasteiger charge is -2.07. The number of methoxy groups -OCH3 is 1. The second-order valence-electron chi connectivity index (χ2n) is 4.06. The SMILES string of the molecule is CCOC(=O)c1coc(-c2cc(Cl)c(OC)nc2Cl)cc1=O. The van der Waals surface area contributed by atoms with Crippen LogP contribution < -0.4 is 10.2 Å². The summed E-state index contributed by atoms with van der Waals surface area (Å²) in [5.41, 5.74) is -0.447. The fraction of sp³-hybridized carbons (Fsp3) is 0.214. The Morgan fingerprint density at radius 1 is 1.36 bits per heavy atom. The number of rotatable bonds is 4. The Bertz CT molecular complexity index is 772. The first-order chi connectivity index (χ1) is 10.5. The van der Waals surface area contributed by atoms with E-state index in [0.29, 0.717) is 5.56 Å². The number of esters is 1. The molecule has 0 aromatic carbocycles. The molecule has 2 rings (SSSR count). The van der Waals surface area contributed by atoms with E-state index in [-0.39, 0.29) is 34.0 Å². The molecular formula is C14H11Cl2NO5. The van der Waals surface area contributed by atoms with Crippen molar-refractivity contribution >= 4 is 29.2 Å². The summed E-state index contributed by atoms with van der Waals surface area (Å²) in [6, 6.07) is 2.58. The Morgan fingerprint density at radius 3 is 2.68 bits per heavy atom. The van der Waals surface area contributed by atoms with Gasteiger partial charge in [0.05, 0.1) is 19.3 Å². The second-order valence-corrected chi connectivity index (χ2v) is 4.83. The summed E-state index contributed by atoms with van der Waals surface area (Å²) in [5.74, 6) is -0.471. The van der Waals surface area contributed by atoms with E-state index in [0.717, 1.165) is 12.3 Å². The molecule has 6 nitrogen and oxygen atoms in total. The first-order valence-corrected chi connectivity index (χ1v) is 6.93. The molecule has 0 radical (unpaired) electrons. The summed E-state index contributed by atoms with van der Waals surface area (Å²) in [6.45, 7) is 1.79. The molecule has 0 atom stereocenters. The Labute approximate surface area is 135 Å². The van der Waals surface area contributed by atoms with Crippen molar-refractivity contribution in [2.24, 2.45) is 0 Å². The molecule has 0 saturated heterocycles. The van der Waals surface area contributed by atoms with Crippen LogP contribution in [-0.2, 0) is 4.74 Å². The van der Waals surface area contributed by atoms with Crippen molar-refractivity contribution in [3.63, 3.8) is 0 Å². The van der Waals surface area contributed by atoms with E-state index in [1.54, 1.807) is 6.92 Å². The van der Waals surface area contributed by atoms with Crippen LogP contribution in [0.3, 0.4) is 0 Å². The molecule has 116 valence electrons. The molecule has 0 fully saturated rings. The van der Waals surface area contributed by atoms with Gasteiger partial charge in [-0.15, -0.1) is 0 Å². The fourth-order valence-electron chi connectivity index (χ4n) is 1.68. The molecule has 2 aromatic heterocycles. The number of hydrogen-bond acceptors (Lipinski definition) is 6. The number of hydrogen-bond donors (Lipinski definition) is 0. The number of carbonyl (C=O) groups excluding carboxylic acids is 1. The lowest BCUT2D eigenvalue weighted by molar-refractivity contribution is 0.0522. The van der Waals surface area contributed by atoms with Gasteiger partial charge in [0.15, 0.2) is 5.43 Å². The van der Waals surface area contributed by atoms with E-state index in [1.165, 1.54) is 13.2 Å². The van der Waals surface area contributed by atoms with Crippen molar-refractivity contribution in [1.82, 2.24) is 4.98 Å². The Kier molecular flexibility index (Phi) is 5.05. The summed E-state index contributed by atoms with van der Waals surface area (Å²) in [7, 11) is 1.40. The van der Waals surface area contributed by atoms with Crippen LogP contribution in [-0.4, -0.2) is 24.7 Å². The van der Waals surface area contributed by atoms with E-state index < -0.39 is 11.4 Å². The van der Waals surface area contributed by atoms with Crippen LogP contribution in [0.25, 0.3) is 11.3 Å². The van der Waals surface area contributed by atoms with Gasteiger partial charge in [-0.2, -0.15) is 4.98 Å². The van der Waals surface area contributed by atoms with Gasteiger partial charge in [-0.1, -0.05) is 23.2 Å². The number of ether oxygens (including phenoxy) is 2. The van der Waals surface area contributed by atoms with Gasteiger partial charge in [-0.05, 0) is 13.0 Å². The molecule has 0 aliphatic rings. The summed E-state index contributed by atoms with van der Waals surface area (Å²) < 4.78 is 15.0. The van der Waals surface area contributed by atoms with Crippen molar-refractivity contribution in [3.05, 3.63) is 44.4 Å². The molecule has 0 amide bonds. The second kappa shape index (κ2) is 6.81. The van der Waals surface area contributed by atoms with E-state index in [1.807, 2.05) is 0 Å². The van der Waals surface area contributed by atoms with Crippen LogP contribution in [0.15, 0.2) is 27.6 Å². The number of pyridine rings is 1. The predicted octanol–water partition coefficient (Wildman–Crippen LogP) is 3.19. The van der Waals surface area contributed by atoms with E-state index >= 15 is 0 Å². The minimum Gasteiger partial charge on any atom is -0.480 e. The molecule has 2 aromatic rings. The van der Waals surface area contributed by atoms with Gasteiger partial charge in [-0.3, -0.25) is 4.79 Å². The zero-order valence-electron chi connectivity index (χ0n) is 11.7. The van der Waals surface area contributed by atoms with Crippen LogP contribution in [0.4, 0.5) is 0 Å². The topological polar surface area (TPSA) is 78.6 Å². The highest BCUT2D eigenvalue weighted by molar-refractivity contribution is 6.35. The van der Waals surface area contributed by atoms with E-state index in [2.05, 4.69) is 4.98 Å². The maximum Gasteiger partial charge on any atom is 0.345 e. The van der Waals surface area contributed by atoms with Gasteiger partial charge >= 0.3 is 5.97 Å². The molecule has 0 bridgehead atoms. The summed E-state index contributed by atoms with van der Waals surface area (Å²) >= 11 is 12.0. The average Bonchev–Trinajstić information content (AvgIpc) is 2.49. The third-order valence-electron chi connectivity index (χ3n) is 2.68. The van der Waals surface area contributed by atoms with Gasteiger partial charge in [0, 0.05) is 6.07 Å². The van der Waals surface area contributed by atoms with Crippen LogP contribution in [0.2, 0.25) is 10.2 Å². The first-order valence-electron chi connectivity index (χ1n) is 6.18. The van der Waals surface area contributed by atoms with Gasteiger partial charge in [-0.25, -0.2) is 4.79 Å². The third-order valence-corrected chi connectivity index (χ3v) is 3.24. The number of carbonyl (C=O) groups is 1. The van der Waals surface area contributed by atoms with E-state index in [4.69, 9.17) is 37.1 Å². The Hall–Kier alpha value is -2.05. The minimum atomic E-state index is -0.750. The number of aromatic nitrogens is 1. The number of nitrogens with zero attached hydrogens (tertiary/aromatic N) is 1. The zero-order valence-corrected chi connectivity index (χ0v) is 13.2. The lowest BCUT2D eigenvalue weighted by Crippen LogP contribution is -2.16. The molecule has 0 unspecified atom stereocenters. The molecular weight excluding hydrogens is 333 g/mol. The van der Waals surface area contributed by atoms with Gasteiger partial charge in [0.25, 0.3) is 0 Å². The van der Waals surface area contributed by atoms with Crippen LogP contribution >= 0.6 is 23.2 Å². The van der Waals surface area contributed by atoms with Crippen LogP contribution in [0.1, 0.15) is 17.3 Å². The Morgan fingerprint density at radius 2 is 2.09 bits per heavy atom. The lowest BCUT2D eigenvalue weighted by atomic mass is 10.2. The van der Waals surface area contributed by atoms with E-state index in [9.17, 15) is 9.59 Å². The van der Waals surface area contributed by atoms with Crippen molar-refractivity contribution in [3.8, 4) is 17.2 Å². The molecule has 0 N–H and O–H groups in total. The first kappa shape index (κ1) is 16.3. The summed E-state index contributed by atoms with van der Waals surface area (Å²) in [5, 5.41) is 0.257. The number of halogens is 2. The highest BCUT2D eigenvalue weighted by Gasteiger charge is 2.17. The molecule has 8 heteroatoms. The highest BCUT2D eigenvalue weighted by atomic mass is 35.5. The predicted molar refractivity (Wildman–Crippen MR) is 80.7 cm³/mol. The smallest absolute Gasteiger partial charge is 0.345 e. The van der Waals surface area contributed by atoms with Gasteiger partial charge in [0.1, 0.15) is 27.8 Å². The normalized spacial score (nSPS) is 10.4. The average molecular weight is 344 g/mol. The van der Waals surface area contributed by atoms with Crippen LogP contribution in [0.5, 0.6) is 5.88 Å². The molecule has 0 aliphatic carbocycles. The highest BCUT2D eigenvalue weighted by Crippen LogP contribution is 2.33. The monoisotopic (exact) mass is 343 g/mol. The minimum absolute atomic E-state index is 0.0493. The quantitative estimate of drug-likeness (QED) is 0.626. The van der Waals surface area contributed by atoms with Crippen molar-refractivity contribution in [2.75, 3.05) is 13.7 Å².